The van der Waals surface area contributed by atoms with Gasteiger partial charge in [0.15, 0.2) is 11.5 Å². The van der Waals surface area contributed by atoms with E-state index in [1.165, 1.54) is 20.3 Å². The molecule has 0 spiro atoms. The third kappa shape index (κ3) is 3.56. The van der Waals surface area contributed by atoms with E-state index in [9.17, 15) is 20.0 Å². The molecule has 1 aliphatic heterocycles. The Hall–Kier alpha value is -3.33. The minimum absolute atomic E-state index is 0.127. The number of aliphatic hydroxyl groups is 1. The average Bonchev–Trinajstić information content (AvgIpc) is 2.71. The lowest BCUT2D eigenvalue weighted by Crippen LogP contribution is -2.44. The number of rotatable bonds is 6. The summed E-state index contributed by atoms with van der Waals surface area (Å²) in [7, 11) is 2.71. The number of ether oxygens (including phenoxy) is 3. The molecule has 0 aliphatic carbocycles. The van der Waals surface area contributed by atoms with Gasteiger partial charge in [-0.1, -0.05) is 18.2 Å². The quantitative estimate of drug-likeness (QED) is 0.574. The monoisotopic (exact) mass is 388 g/mol. The van der Waals surface area contributed by atoms with E-state index >= 15 is 0 Å². The molecule has 2 aromatic rings. The number of methoxy groups -OCH3 is 2. The number of carbonyl (C=O) groups excluding carboxylic acids is 1. The van der Waals surface area contributed by atoms with Gasteiger partial charge in [0.05, 0.1) is 38.4 Å². The molecule has 2 aromatic carbocycles. The Kier molecular flexibility index (Phi) is 5.36. The normalized spacial score (nSPS) is 17.8. The van der Waals surface area contributed by atoms with Crippen LogP contribution >= 0.6 is 0 Å². The van der Waals surface area contributed by atoms with Crippen molar-refractivity contribution in [3.05, 3.63) is 57.6 Å². The van der Waals surface area contributed by atoms with Gasteiger partial charge >= 0.3 is 0 Å². The Bertz CT molecular complexity index is 915. The zero-order chi connectivity index (χ0) is 20.3. The number of nitro benzene ring substituents is 1. The van der Waals surface area contributed by atoms with Gasteiger partial charge in [0.2, 0.25) is 0 Å². The molecule has 0 fully saturated rings. The highest BCUT2D eigenvalue weighted by Gasteiger charge is 2.36. The molecule has 0 saturated carbocycles. The highest BCUT2D eigenvalue weighted by molar-refractivity contribution is 5.99. The third-order valence-corrected chi connectivity index (χ3v) is 4.65. The predicted octanol–water partition coefficient (Wildman–Crippen LogP) is 2.01. The van der Waals surface area contributed by atoms with Crippen LogP contribution in [0.25, 0.3) is 0 Å². The third-order valence-electron chi connectivity index (χ3n) is 4.65. The van der Waals surface area contributed by atoms with Gasteiger partial charge in [0, 0.05) is 18.1 Å². The summed E-state index contributed by atoms with van der Waals surface area (Å²) in [5.74, 6) is 0.170. The molecule has 28 heavy (non-hydrogen) atoms. The highest BCUT2D eigenvalue weighted by atomic mass is 16.6. The standard InChI is InChI=1S/C19H20N2O7/c1-26-16-9-12(14(21(24)25)10-17(16)27-2)18(22)20-11-19(23)7-8-28-15-6-4-3-5-13(15)19/h3-6,9-10,23H,7-8,11H2,1-2H3,(H,20,22). The smallest absolute Gasteiger partial charge is 0.286 e. The maximum absolute atomic E-state index is 12.7. The van der Waals surface area contributed by atoms with Crippen molar-refractivity contribution in [2.75, 3.05) is 27.4 Å². The number of amides is 1. The molecule has 2 N–H and O–H groups in total. The maximum Gasteiger partial charge on any atom is 0.286 e. The molecule has 1 heterocycles. The van der Waals surface area contributed by atoms with Crippen LogP contribution < -0.4 is 19.5 Å². The van der Waals surface area contributed by atoms with Gasteiger partial charge in [-0.2, -0.15) is 0 Å². The average molecular weight is 388 g/mol. The van der Waals surface area contributed by atoms with Gasteiger partial charge in [-0.3, -0.25) is 14.9 Å². The fourth-order valence-electron chi connectivity index (χ4n) is 3.15. The lowest BCUT2D eigenvalue weighted by Gasteiger charge is -2.34. The topological polar surface area (TPSA) is 120 Å². The molecule has 0 radical (unpaired) electrons. The number of nitro groups is 1. The summed E-state index contributed by atoms with van der Waals surface area (Å²) >= 11 is 0. The summed E-state index contributed by atoms with van der Waals surface area (Å²) in [6.07, 6.45) is 0.276. The largest absolute Gasteiger partial charge is 0.493 e. The van der Waals surface area contributed by atoms with E-state index in [0.717, 1.165) is 6.07 Å². The molecule has 148 valence electrons. The first-order valence-electron chi connectivity index (χ1n) is 8.53. The van der Waals surface area contributed by atoms with Crippen LogP contribution in [0.2, 0.25) is 0 Å². The van der Waals surface area contributed by atoms with Gasteiger partial charge in [-0.05, 0) is 6.07 Å². The molecule has 1 atom stereocenters. The van der Waals surface area contributed by atoms with Crippen molar-refractivity contribution in [1.29, 1.82) is 0 Å². The van der Waals surface area contributed by atoms with E-state index in [1.807, 2.05) is 0 Å². The van der Waals surface area contributed by atoms with E-state index in [1.54, 1.807) is 24.3 Å². The first kappa shape index (κ1) is 19.4. The van der Waals surface area contributed by atoms with Gasteiger partial charge in [0.1, 0.15) is 16.9 Å². The number of nitrogens with zero attached hydrogens (tertiary/aromatic N) is 1. The van der Waals surface area contributed by atoms with E-state index < -0.39 is 22.1 Å². The molecule has 1 amide bonds. The van der Waals surface area contributed by atoms with Gasteiger partial charge in [-0.15, -0.1) is 0 Å². The SMILES string of the molecule is COc1cc(C(=O)NCC2(O)CCOc3ccccc32)c([N+](=O)[O-])cc1OC. The number of nitrogens with one attached hydrogen (secondary N) is 1. The fraction of sp³-hybridized carbons (Fsp3) is 0.316. The van der Waals surface area contributed by atoms with Crippen molar-refractivity contribution in [2.24, 2.45) is 0 Å². The Morgan fingerprint density at radius 1 is 1.29 bits per heavy atom. The Morgan fingerprint density at radius 2 is 1.96 bits per heavy atom. The lowest BCUT2D eigenvalue weighted by atomic mass is 9.88. The second-order valence-corrected chi connectivity index (χ2v) is 6.29. The van der Waals surface area contributed by atoms with Gasteiger partial charge < -0.3 is 24.6 Å². The number of para-hydroxylation sites is 1. The van der Waals surface area contributed by atoms with Crippen molar-refractivity contribution in [1.82, 2.24) is 5.32 Å². The molecule has 9 heteroatoms. The highest BCUT2D eigenvalue weighted by Crippen LogP contribution is 2.37. The molecule has 0 aromatic heterocycles. The number of hydrogen-bond acceptors (Lipinski definition) is 7. The van der Waals surface area contributed by atoms with Crippen LogP contribution in [0.15, 0.2) is 36.4 Å². The summed E-state index contributed by atoms with van der Waals surface area (Å²) < 4.78 is 15.7. The number of fused-ring (bicyclic) bond motifs is 1. The van der Waals surface area contributed by atoms with Gasteiger partial charge in [-0.25, -0.2) is 0 Å². The Balaban J connectivity index is 1.87. The van der Waals surface area contributed by atoms with Crippen LogP contribution in [0.3, 0.4) is 0 Å². The van der Waals surface area contributed by atoms with E-state index in [2.05, 4.69) is 5.32 Å². The summed E-state index contributed by atoms with van der Waals surface area (Å²) in [6, 6.07) is 9.39. The van der Waals surface area contributed by atoms with Crippen molar-refractivity contribution >= 4 is 11.6 Å². The summed E-state index contributed by atoms with van der Waals surface area (Å²) in [5.41, 5.74) is -1.39. The minimum Gasteiger partial charge on any atom is -0.493 e. The molecular weight excluding hydrogens is 368 g/mol. The molecule has 3 rings (SSSR count). The van der Waals surface area contributed by atoms with Crippen molar-refractivity contribution in [3.63, 3.8) is 0 Å². The summed E-state index contributed by atoms with van der Waals surface area (Å²) in [4.78, 5) is 23.4. The van der Waals surface area contributed by atoms with Crippen LogP contribution in [0.5, 0.6) is 17.2 Å². The summed E-state index contributed by atoms with van der Waals surface area (Å²) in [5, 5.41) is 25.0. The van der Waals surface area contributed by atoms with Crippen LogP contribution in [0, 0.1) is 10.1 Å². The second-order valence-electron chi connectivity index (χ2n) is 6.29. The number of carbonyl (C=O) groups is 1. The van der Waals surface area contributed by atoms with Crippen molar-refractivity contribution < 1.29 is 29.0 Å². The Labute approximate surface area is 161 Å². The summed E-state index contributed by atoms with van der Waals surface area (Å²) in [6.45, 7) is 0.164. The predicted molar refractivity (Wildman–Crippen MR) is 99.0 cm³/mol. The first-order valence-corrected chi connectivity index (χ1v) is 8.53. The number of benzene rings is 2. The van der Waals surface area contributed by atoms with Crippen LogP contribution in [-0.2, 0) is 5.60 Å². The van der Waals surface area contributed by atoms with Crippen LogP contribution in [0.1, 0.15) is 22.3 Å². The Morgan fingerprint density at radius 3 is 2.64 bits per heavy atom. The lowest BCUT2D eigenvalue weighted by molar-refractivity contribution is -0.385. The van der Waals surface area contributed by atoms with Crippen LogP contribution in [-0.4, -0.2) is 43.3 Å². The zero-order valence-electron chi connectivity index (χ0n) is 15.4. The van der Waals surface area contributed by atoms with E-state index in [-0.39, 0.29) is 30.0 Å². The molecule has 1 unspecified atom stereocenters. The van der Waals surface area contributed by atoms with E-state index in [0.29, 0.717) is 17.9 Å². The zero-order valence-corrected chi connectivity index (χ0v) is 15.4. The minimum atomic E-state index is -1.34. The van der Waals surface area contributed by atoms with Gasteiger partial charge in [0.25, 0.3) is 11.6 Å². The molecular formula is C19H20N2O7. The van der Waals surface area contributed by atoms with Crippen molar-refractivity contribution in [2.45, 2.75) is 12.0 Å². The van der Waals surface area contributed by atoms with E-state index in [4.69, 9.17) is 14.2 Å². The second kappa shape index (κ2) is 7.73. The number of hydrogen-bond donors (Lipinski definition) is 2. The van der Waals surface area contributed by atoms with Crippen LogP contribution in [0.4, 0.5) is 5.69 Å². The van der Waals surface area contributed by atoms with Crippen molar-refractivity contribution in [3.8, 4) is 17.2 Å². The molecule has 9 nitrogen and oxygen atoms in total. The molecule has 0 saturated heterocycles. The molecule has 1 aliphatic rings. The molecule has 0 bridgehead atoms. The fourth-order valence-corrected chi connectivity index (χ4v) is 3.15. The maximum atomic E-state index is 12.7. The first-order chi connectivity index (χ1) is 13.4.